The van der Waals surface area contributed by atoms with E-state index in [2.05, 4.69) is 27.3 Å². The van der Waals surface area contributed by atoms with E-state index >= 15 is 0 Å². The molecule has 0 unspecified atom stereocenters. The van der Waals surface area contributed by atoms with Crippen LogP contribution in [0.3, 0.4) is 0 Å². The topological polar surface area (TPSA) is 75.6 Å². The molecule has 6 heteroatoms. The highest BCUT2D eigenvalue weighted by Crippen LogP contribution is 2.20. The van der Waals surface area contributed by atoms with Gasteiger partial charge in [-0.05, 0) is 45.0 Å². The Morgan fingerprint density at radius 1 is 1.17 bits per heavy atom. The molecule has 1 aromatic carbocycles. The number of H-pyrrole nitrogens is 1. The van der Waals surface area contributed by atoms with Crippen molar-refractivity contribution < 1.29 is 0 Å². The van der Waals surface area contributed by atoms with Gasteiger partial charge in [0, 0.05) is 41.3 Å². The number of aromatic amines is 1. The zero-order valence-electron chi connectivity index (χ0n) is 13.4. The van der Waals surface area contributed by atoms with Crippen molar-refractivity contribution in [3.05, 3.63) is 58.1 Å². The van der Waals surface area contributed by atoms with E-state index in [1.54, 1.807) is 6.92 Å². The Bertz CT molecular complexity index is 877. The number of hydrogen-bond acceptors (Lipinski definition) is 4. The summed E-state index contributed by atoms with van der Waals surface area (Å²) in [7, 11) is 0. The molecule has 0 saturated heterocycles. The van der Waals surface area contributed by atoms with Crippen molar-refractivity contribution in [2.45, 2.75) is 27.3 Å². The second-order valence-corrected chi connectivity index (χ2v) is 5.42. The maximum atomic E-state index is 11.5. The number of aryl methyl sites for hydroxylation is 3. The number of nitrogens with one attached hydrogen (secondary N) is 2. The first-order chi connectivity index (χ1) is 11.0. The highest BCUT2D eigenvalue weighted by atomic mass is 16.1. The van der Waals surface area contributed by atoms with E-state index in [-0.39, 0.29) is 5.56 Å². The van der Waals surface area contributed by atoms with Gasteiger partial charge in [-0.25, -0.2) is 4.98 Å². The van der Waals surface area contributed by atoms with Crippen LogP contribution in [0.5, 0.6) is 0 Å². The highest BCUT2D eigenvalue weighted by molar-refractivity contribution is 5.63. The molecule has 0 amide bonds. The third-order valence-electron chi connectivity index (χ3n) is 3.58. The number of benzene rings is 1. The van der Waals surface area contributed by atoms with Gasteiger partial charge >= 0.3 is 0 Å². The first-order valence-electron chi connectivity index (χ1n) is 7.55. The Balaban J connectivity index is 1.82. The molecule has 6 nitrogen and oxygen atoms in total. The fourth-order valence-corrected chi connectivity index (χ4v) is 2.47. The second-order valence-electron chi connectivity index (χ2n) is 5.42. The van der Waals surface area contributed by atoms with Crippen molar-refractivity contribution in [1.29, 1.82) is 0 Å². The largest absolute Gasteiger partial charge is 0.339 e. The van der Waals surface area contributed by atoms with E-state index < -0.39 is 0 Å². The summed E-state index contributed by atoms with van der Waals surface area (Å²) < 4.78 is 1.94. The van der Waals surface area contributed by atoms with Crippen molar-refractivity contribution in [3.8, 4) is 11.4 Å². The van der Waals surface area contributed by atoms with Crippen molar-refractivity contribution in [2.75, 3.05) is 5.32 Å². The van der Waals surface area contributed by atoms with Crippen LogP contribution in [0, 0.1) is 13.8 Å². The van der Waals surface area contributed by atoms with Crippen LogP contribution in [-0.4, -0.2) is 19.7 Å². The summed E-state index contributed by atoms with van der Waals surface area (Å²) in [5, 5.41) is 7.75. The molecule has 2 aromatic heterocycles. The number of anilines is 2. The smallest absolute Gasteiger partial charge is 0.251 e. The summed E-state index contributed by atoms with van der Waals surface area (Å²) in [6.07, 6.45) is 0. The van der Waals surface area contributed by atoms with Crippen molar-refractivity contribution in [3.63, 3.8) is 0 Å². The normalized spacial score (nSPS) is 10.7. The Morgan fingerprint density at radius 2 is 1.91 bits per heavy atom. The monoisotopic (exact) mass is 309 g/mol. The molecule has 0 bridgehead atoms. The predicted octanol–water partition coefficient (Wildman–Crippen LogP) is 3.01. The minimum atomic E-state index is -0.143. The van der Waals surface area contributed by atoms with Gasteiger partial charge in [-0.3, -0.25) is 9.48 Å². The second kappa shape index (κ2) is 6.08. The molecule has 0 spiro atoms. The van der Waals surface area contributed by atoms with Crippen LogP contribution in [0.1, 0.15) is 18.3 Å². The predicted molar refractivity (Wildman–Crippen MR) is 91.0 cm³/mol. The molecule has 0 aliphatic carbocycles. The summed E-state index contributed by atoms with van der Waals surface area (Å²) in [6.45, 7) is 6.75. The van der Waals surface area contributed by atoms with E-state index in [1.165, 1.54) is 6.07 Å². The molecule has 23 heavy (non-hydrogen) atoms. The van der Waals surface area contributed by atoms with Crippen LogP contribution in [0.25, 0.3) is 11.4 Å². The maximum Gasteiger partial charge on any atom is 0.251 e. The molecule has 0 aliphatic rings. The molecule has 2 N–H and O–H groups in total. The zero-order valence-corrected chi connectivity index (χ0v) is 13.4. The van der Waals surface area contributed by atoms with Crippen LogP contribution >= 0.6 is 0 Å². The molecular formula is C17H19N5O. The third-order valence-corrected chi connectivity index (χ3v) is 3.58. The van der Waals surface area contributed by atoms with Gasteiger partial charge in [-0.15, -0.1) is 0 Å². The van der Waals surface area contributed by atoms with Crippen LogP contribution in [0.4, 0.5) is 11.5 Å². The van der Waals surface area contributed by atoms with E-state index in [4.69, 9.17) is 0 Å². The zero-order chi connectivity index (χ0) is 16.4. The van der Waals surface area contributed by atoms with E-state index in [0.29, 0.717) is 11.5 Å². The molecule has 118 valence electrons. The lowest BCUT2D eigenvalue weighted by atomic mass is 10.2. The molecule has 0 atom stereocenters. The van der Waals surface area contributed by atoms with Gasteiger partial charge in [-0.1, -0.05) is 0 Å². The Morgan fingerprint density at radius 3 is 2.52 bits per heavy atom. The number of nitrogens with zero attached hydrogens (tertiary/aromatic N) is 3. The van der Waals surface area contributed by atoms with Gasteiger partial charge in [0.05, 0.1) is 0 Å². The summed E-state index contributed by atoms with van der Waals surface area (Å²) in [5.41, 5.74) is 3.48. The highest BCUT2D eigenvalue weighted by Gasteiger charge is 2.05. The SMILES string of the molecule is CCn1nc(Nc2ccc(-c3nc(C)cc(=O)[nH]3)cc2)cc1C. The average molecular weight is 309 g/mol. The van der Waals surface area contributed by atoms with E-state index in [9.17, 15) is 4.79 Å². The fraction of sp³-hybridized carbons (Fsp3) is 0.235. The summed E-state index contributed by atoms with van der Waals surface area (Å²) in [4.78, 5) is 18.6. The lowest BCUT2D eigenvalue weighted by molar-refractivity contribution is 0.642. The van der Waals surface area contributed by atoms with Gasteiger partial charge in [0.1, 0.15) is 5.82 Å². The minimum Gasteiger partial charge on any atom is -0.339 e. The molecule has 3 aromatic rings. The Hall–Kier alpha value is -2.89. The first-order valence-corrected chi connectivity index (χ1v) is 7.55. The Labute approximate surface area is 134 Å². The molecule has 0 fully saturated rings. The van der Waals surface area contributed by atoms with Crippen molar-refractivity contribution >= 4 is 11.5 Å². The summed E-state index contributed by atoms with van der Waals surface area (Å²) >= 11 is 0. The molecule has 0 radical (unpaired) electrons. The molecule has 0 saturated carbocycles. The first kappa shape index (κ1) is 15.0. The number of aromatic nitrogens is 4. The third kappa shape index (κ3) is 3.31. The molecule has 0 aliphatic heterocycles. The summed E-state index contributed by atoms with van der Waals surface area (Å²) in [6, 6.07) is 11.2. The van der Waals surface area contributed by atoms with E-state index in [1.807, 2.05) is 41.9 Å². The van der Waals surface area contributed by atoms with Gasteiger partial charge < -0.3 is 10.3 Å². The van der Waals surface area contributed by atoms with Gasteiger partial charge in [-0.2, -0.15) is 5.10 Å². The quantitative estimate of drug-likeness (QED) is 0.777. The van der Waals surface area contributed by atoms with Gasteiger partial charge in [0.25, 0.3) is 5.56 Å². The van der Waals surface area contributed by atoms with Gasteiger partial charge in [0.2, 0.25) is 0 Å². The van der Waals surface area contributed by atoms with Crippen LogP contribution < -0.4 is 10.9 Å². The fourth-order valence-electron chi connectivity index (χ4n) is 2.47. The lowest BCUT2D eigenvalue weighted by Gasteiger charge is -2.05. The van der Waals surface area contributed by atoms with Crippen molar-refractivity contribution in [1.82, 2.24) is 19.7 Å². The minimum absolute atomic E-state index is 0.143. The molecular weight excluding hydrogens is 290 g/mol. The van der Waals surface area contributed by atoms with E-state index in [0.717, 1.165) is 29.3 Å². The summed E-state index contributed by atoms with van der Waals surface area (Å²) in [5.74, 6) is 1.40. The Kier molecular flexibility index (Phi) is 3.97. The average Bonchev–Trinajstić information content (AvgIpc) is 2.86. The van der Waals surface area contributed by atoms with Crippen LogP contribution in [-0.2, 0) is 6.54 Å². The lowest BCUT2D eigenvalue weighted by Crippen LogP contribution is -2.08. The van der Waals surface area contributed by atoms with Crippen LogP contribution in [0.15, 0.2) is 41.2 Å². The maximum absolute atomic E-state index is 11.5. The van der Waals surface area contributed by atoms with Gasteiger partial charge in [0.15, 0.2) is 5.82 Å². The number of rotatable bonds is 4. The standard InChI is InChI=1S/C17H19N5O/c1-4-22-12(3)10-15(21-22)19-14-7-5-13(6-8-14)17-18-11(2)9-16(23)20-17/h5-10H,4H2,1-3H3,(H,19,21)(H,18,20,23). The molecule has 2 heterocycles. The van der Waals surface area contributed by atoms with Crippen LogP contribution in [0.2, 0.25) is 0 Å². The molecule has 3 rings (SSSR count). The van der Waals surface area contributed by atoms with Crippen molar-refractivity contribution in [2.24, 2.45) is 0 Å². The number of hydrogen-bond donors (Lipinski definition) is 2.